The highest BCUT2D eigenvalue weighted by Crippen LogP contribution is 2.31. The summed E-state index contributed by atoms with van der Waals surface area (Å²) in [5, 5.41) is 16.3. The zero-order valence-corrected chi connectivity index (χ0v) is 18.8. The van der Waals surface area contributed by atoms with Crippen molar-refractivity contribution in [1.29, 1.82) is 0 Å². The number of carbonyl (C=O) groups is 2. The van der Waals surface area contributed by atoms with Crippen LogP contribution in [0.2, 0.25) is 0 Å². The van der Waals surface area contributed by atoms with Gasteiger partial charge in [0.05, 0.1) is 17.1 Å². The Morgan fingerprint density at radius 1 is 0.971 bits per heavy atom. The third-order valence-corrected chi connectivity index (χ3v) is 5.70. The Kier molecular flexibility index (Phi) is 5.88. The second-order valence-corrected chi connectivity index (χ2v) is 8.03. The van der Waals surface area contributed by atoms with E-state index in [1.54, 1.807) is 30.3 Å². The second-order valence-electron chi connectivity index (χ2n) is 8.03. The smallest absolute Gasteiger partial charge is 0.337 e. The van der Waals surface area contributed by atoms with Crippen molar-refractivity contribution in [3.8, 4) is 11.5 Å². The highest BCUT2D eigenvalue weighted by atomic mass is 16.6. The third-order valence-electron chi connectivity index (χ3n) is 5.70. The molecule has 0 radical (unpaired) electrons. The summed E-state index contributed by atoms with van der Waals surface area (Å²) in [6.45, 7) is 2.89. The number of rotatable bonds is 6. The summed E-state index contributed by atoms with van der Waals surface area (Å²) >= 11 is 0. The average molecular weight is 470 g/mol. The van der Waals surface area contributed by atoms with Crippen LogP contribution >= 0.6 is 0 Å². The molecule has 4 aromatic rings. The minimum absolute atomic E-state index is 0.115. The van der Waals surface area contributed by atoms with Crippen LogP contribution in [-0.4, -0.2) is 40.2 Å². The van der Waals surface area contributed by atoms with Crippen LogP contribution in [0.3, 0.4) is 0 Å². The molecule has 35 heavy (non-hydrogen) atoms. The number of anilines is 2. The molecule has 3 N–H and O–H groups in total. The van der Waals surface area contributed by atoms with E-state index in [4.69, 9.17) is 9.47 Å². The van der Waals surface area contributed by atoms with Crippen LogP contribution < -0.4 is 20.1 Å². The fourth-order valence-electron chi connectivity index (χ4n) is 3.94. The number of hydrogen-bond acceptors (Lipinski definition) is 7. The second kappa shape index (κ2) is 9.30. The van der Waals surface area contributed by atoms with E-state index in [0.717, 1.165) is 5.56 Å². The highest BCUT2D eigenvalue weighted by molar-refractivity contribution is 6.05. The largest absolute Gasteiger partial charge is 0.486 e. The molecule has 9 nitrogen and oxygen atoms in total. The zero-order valence-electron chi connectivity index (χ0n) is 18.8. The van der Waals surface area contributed by atoms with Crippen LogP contribution in [0.4, 0.5) is 11.5 Å². The molecule has 176 valence electrons. The molecular weight excluding hydrogens is 448 g/mol. The van der Waals surface area contributed by atoms with E-state index in [0.29, 0.717) is 52.7 Å². The Morgan fingerprint density at radius 2 is 1.77 bits per heavy atom. The number of hydrogen-bond donors (Lipinski definition) is 3. The van der Waals surface area contributed by atoms with Gasteiger partial charge in [-0.2, -0.15) is 0 Å². The highest BCUT2D eigenvalue weighted by Gasteiger charge is 2.17. The number of aromatic nitrogens is 2. The van der Waals surface area contributed by atoms with Crippen LogP contribution in [0.5, 0.6) is 11.5 Å². The van der Waals surface area contributed by atoms with Crippen LogP contribution in [-0.2, 0) is 0 Å². The average Bonchev–Trinajstić information content (AvgIpc) is 2.88. The normalized spacial score (nSPS) is 13.2. The number of carboxylic acid groups (broad SMARTS) is 1. The fourth-order valence-corrected chi connectivity index (χ4v) is 3.94. The van der Waals surface area contributed by atoms with E-state index in [9.17, 15) is 14.7 Å². The van der Waals surface area contributed by atoms with Gasteiger partial charge in [0.25, 0.3) is 5.91 Å². The van der Waals surface area contributed by atoms with Gasteiger partial charge in [0.1, 0.15) is 25.4 Å². The number of nitrogens with zero attached hydrogens (tertiary/aromatic N) is 2. The maximum Gasteiger partial charge on any atom is 0.337 e. The molecule has 0 spiro atoms. The first kappa shape index (κ1) is 22.1. The summed E-state index contributed by atoms with van der Waals surface area (Å²) in [5.74, 6) is 0.398. The first-order valence-electron chi connectivity index (χ1n) is 11.0. The van der Waals surface area contributed by atoms with Gasteiger partial charge in [0, 0.05) is 16.6 Å². The lowest BCUT2D eigenvalue weighted by Crippen LogP contribution is -2.17. The molecule has 1 amide bonds. The SMILES string of the molecule is CC(Nc1ncnc2c(C(=O)O)cccc12)c1cccc(NC(=O)c2ccc3c(c2)OCCO3)c1. The molecule has 0 bridgehead atoms. The van der Waals surface area contributed by atoms with Gasteiger partial charge in [-0.05, 0) is 55.0 Å². The molecular formula is C26H22N4O5. The van der Waals surface area contributed by atoms with Gasteiger partial charge in [-0.3, -0.25) is 4.79 Å². The zero-order chi connectivity index (χ0) is 24.4. The van der Waals surface area contributed by atoms with Crippen molar-refractivity contribution in [2.45, 2.75) is 13.0 Å². The van der Waals surface area contributed by atoms with Crippen LogP contribution in [0.15, 0.2) is 67.0 Å². The molecule has 0 saturated carbocycles. The number of fused-ring (bicyclic) bond motifs is 2. The Hall–Kier alpha value is -4.66. The summed E-state index contributed by atoms with van der Waals surface area (Å²) in [7, 11) is 0. The number of aromatic carboxylic acids is 1. The minimum atomic E-state index is -1.05. The lowest BCUT2D eigenvalue weighted by Gasteiger charge is -2.19. The molecule has 5 rings (SSSR count). The minimum Gasteiger partial charge on any atom is -0.486 e. The lowest BCUT2D eigenvalue weighted by atomic mass is 10.1. The summed E-state index contributed by atoms with van der Waals surface area (Å²) in [6, 6.07) is 17.3. The van der Waals surface area contributed by atoms with Crippen molar-refractivity contribution in [3.63, 3.8) is 0 Å². The van der Waals surface area contributed by atoms with Crippen molar-refractivity contribution in [1.82, 2.24) is 9.97 Å². The molecule has 1 atom stereocenters. The quantitative estimate of drug-likeness (QED) is 0.376. The molecule has 1 aliphatic rings. The Morgan fingerprint density at radius 3 is 2.60 bits per heavy atom. The van der Waals surface area contributed by atoms with E-state index >= 15 is 0 Å². The Labute approximate surface area is 200 Å². The summed E-state index contributed by atoms with van der Waals surface area (Å²) in [4.78, 5) is 32.8. The van der Waals surface area contributed by atoms with Crippen molar-refractivity contribution >= 4 is 34.3 Å². The number of benzene rings is 3. The molecule has 1 aliphatic heterocycles. The van der Waals surface area contributed by atoms with Crippen molar-refractivity contribution in [2.75, 3.05) is 23.8 Å². The standard InChI is InChI=1S/C26H22N4O5/c1-15(29-24-19-6-3-7-20(26(32)33)23(19)27-14-28-24)16-4-2-5-18(12-16)30-25(31)17-8-9-21-22(13-17)35-11-10-34-21/h2-9,12-15H,10-11H2,1H3,(H,30,31)(H,32,33)(H,27,28,29). The van der Waals surface area contributed by atoms with E-state index in [1.807, 2.05) is 31.2 Å². The number of amides is 1. The van der Waals surface area contributed by atoms with E-state index in [-0.39, 0.29) is 17.5 Å². The summed E-state index contributed by atoms with van der Waals surface area (Å²) in [5.41, 5.74) is 2.49. The van der Waals surface area contributed by atoms with Crippen LogP contribution in [0.1, 0.15) is 39.2 Å². The van der Waals surface area contributed by atoms with Gasteiger partial charge in [0.2, 0.25) is 0 Å². The molecule has 0 aliphatic carbocycles. The Bertz CT molecular complexity index is 1440. The molecule has 1 unspecified atom stereocenters. The number of ether oxygens (including phenoxy) is 2. The molecule has 3 aromatic carbocycles. The van der Waals surface area contributed by atoms with Crippen LogP contribution in [0, 0.1) is 0 Å². The number of nitrogens with one attached hydrogen (secondary N) is 2. The first-order valence-corrected chi connectivity index (χ1v) is 11.0. The lowest BCUT2D eigenvalue weighted by molar-refractivity contribution is 0.0698. The van der Waals surface area contributed by atoms with Crippen molar-refractivity contribution in [3.05, 3.63) is 83.7 Å². The van der Waals surface area contributed by atoms with Crippen molar-refractivity contribution in [2.24, 2.45) is 0 Å². The van der Waals surface area contributed by atoms with Gasteiger partial charge in [-0.25, -0.2) is 14.8 Å². The van der Waals surface area contributed by atoms with Gasteiger partial charge in [-0.15, -0.1) is 0 Å². The number of para-hydroxylation sites is 1. The Balaban J connectivity index is 1.34. The predicted molar refractivity (Wildman–Crippen MR) is 130 cm³/mol. The van der Waals surface area contributed by atoms with Gasteiger partial charge in [0.15, 0.2) is 11.5 Å². The van der Waals surface area contributed by atoms with Crippen molar-refractivity contribution < 1.29 is 24.2 Å². The topological polar surface area (TPSA) is 123 Å². The first-order chi connectivity index (χ1) is 17.0. The number of carboxylic acids is 1. The number of carbonyl (C=O) groups excluding carboxylic acids is 1. The fraction of sp³-hybridized carbons (Fsp3) is 0.154. The van der Waals surface area contributed by atoms with E-state index in [2.05, 4.69) is 20.6 Å². The van der Waals surface area contributed by atoms with Gasteiger partial charge >= 0.3 is 5.97 Å². The van der Waals surface area contributed by atoms with E-state index in [1.165, 1.54) is 12.4 Å². The molecule has 0 fully saturated rings. The monoisotopic (exact) mass is 470 g/mol. The van der Waals surface area contributed by atoms with Gasteiger partial charge in [-0.1, -0.05) is 18.2 Å². The molecule has 2 heterocycles. The maximum atomic E-state index is 12.8. The summed E-state index contributed by atoms with van der Waals surface area (Å²) < 4.78 is 11.1. The van der Waals surface area contributed by atoms with Crippen LogP contribution in [0.25, 0.3) is 10.9 Å². The molecule has 9 heteroatoms. The summed E-state index contributed by atoms with van der Waals surface area (Å²) in [6.07, 6.45) is 1.34. The molecule has 0 saturated heterocycles. The van der Waals surface area contributed by atoms with Gasteiger partial charge < -0.3 is 25.2 Å². The predicted octanol–water partition coefficient (Wildman–Crippen LogP) is 4.52. The maximum absolute atomic E-state index is 12.8. The molecule has 1 aromatic heterocycles. The third kappa shape index (κ3) is 4.56. The van der Waals surface area contributed by atoms with E-state index < -0.39 is 5.97 Å².